The van der Waals surface area contributed by atoms with E-state index in [-0.39, 0.29) is 11.3 Å². The molecule has 2 rings (SSSR count). The lowest BCUT2D eigenvalue weighted by molar-refractivity contribution is -0.165. The van der Waals surface area contributed by atoms with Gasteiger partial charge in [0.1, 0.15) is 5.37 Å². The van der Waals surface area contributed by atoms with Gasteiger partial charge in [-0.15, -0.1) is 0 Å². The maximum atomic E-state index is 10.8. The van der Waals surface area contributed by atoms with Crippen molar-refractivity contribution in [2.24, 2.45) is 0 Å². The van der Waals surface area contributed by atoms with Crippen molar-refractivity contribution in [3.8, 4) is 0 Å². The van der Waals surface area contributed by atoms with Gasteiger partial charge < -0.3 is 5.11 Å². The Bertz CT molecular complexity index is 223. The van der Waals surface area contributed by atoms with Gasteiger partial charge in [0.15, 0.2) is 0 Å². The lowest BCUT2D eigenvalue weighted by Gasteiger charge is -2.32. The molecule has 6 heteroatoms. The third kappa shape index (κ3) is 0.827. The van der Waals surface area contributed by atoms with Crippen LogP contribution in [0.4, 0.5) is 0 Å². The minimum atomic E-state index is -1.10. The van der Waals surface area contributed by atoms with Gasteiger partial charge in [-0.1, -0.05) is 0 Å². The first-order valence-corrected chi connectivity index (χ1v) is 3.87. The summed E-state index contributed by atoms with van der Waals surface area (Å²) >= 11 is 1.06. The first-order chi connectivity index (χ1) is 5.20. The SMILES string of the molecule is O=C(O)C1OS[C@@H]2CC(=O)N12. The fourth-order valence-electron chi connectivity index (χ4n) is 1.09. The predicted molar refractivity (Wildman–Crippen MR) is 35.4 cm³/mol. The van der Waals surface area contributed by atoms with Crippen molar-refractivity contribution in [1.82, 2.24) is 4.90 Å². The number of hydrogen-bond acceptors (Lipinski definition) is 4. The van der Waals surface area contributed by atoms with E-state index in [0.29, 0.717) is 6.42 Å². The second kappa shape index (κ2) is 2.12. The lowest BCUT2D eigenvalue weighted by Crippen LogP contribution is -2.53. The Balaban J connectivity index is 2.14. The highest BCUT2D eigenvalue weighted by molar-refractivity contribution is 7.95. The molecule has 2 aliphatic rings. The molecular formula is C5H5NO4S. The molecule has 2 heterocycles. The molecule has 0 aromatic carbocycles. The van der Waals surface area contributed by atoms with Gasteiger partial charge >= 0.3 is 5.97 Å². The third-order valence-corrected chi connectivity index (χ3v) is 2.58. The van der Waals surface area contributed by atoms with Crippen LogP contribution in [0.1, 0.15) is 6.42 Å². The quantitative estimate of drug-likeness (QED) is 0.435. The summed E-state index contributed by atoms with van der Waals surface area (Å²) in [6.07, 6.45) is -0.666. The number of fused-ring (bicyclic) bond motifs is 1. The molecule has 0 aromatic heterocycles. The van der Waals surface area contributed by atoms with Crippen LogP contribution in [-0.4, -0.2) is 33.5 Å². The zero-order valence-electron chi connectivity index (χ0n) is 5.39. The second-order valence-corrected chi connectivity index (χ2v) is 3.27. The molecule has 1 amide bonds. The maximum Gasteiger partial charge on any atom is 0.355 e. The molecule has 5 nitrogen and oxygen atoms in total. The zero-order chi connectivity index (χ0) is 8.01. The van der Waals surface area contributed by atoms with E-state index >= 15 is 0 Å². The lowest BCUT2D eigenvalue weighted by atomic mass is 10.2. The third-order valence-electron chi connectivity index (χ3n) is 1.67. The van der Waals surface area contributed by atoms with Crippen LogP contribution in [0.15, 0.2) is 0 Å². The first-order valence-electron chi connectivity index (χ1n) is 3.06. The summed E-state index contributed by atoms with van der Waals surface area (Å²) in [7, 11) is 0. The molecule has 2 fully saturated rings. The van der Waals surface area contributed by atoms with Crippen molar-refractivity contribution in [3.05, 3.63) is 0 Å². The summed E-state index contributed by atoms with van der Waals surface area (Å²) in [6.45, 7) is 0. The molecule has 0 aliphatic carbocycles. The Kier molecular flexibility index (Phi) is 1.33. The number of carbonyl (C=O) groups excluding carboxylic acids is 1. The van der Waals surface area contributed by atoms with Gasteiger partial charge in [-0.05, 0) is 0 Å². The second-order valence-electron chi connectivity index (χ2n) is 2.34. The van der Waals surface area contributed by atoms with E-state index in [2.05, 4.69) is 0 Å². The van der Waals surface area contributed by atoms with Crippen LogP contribution < -0.4 is 0 Å². The number of β-lactam (4-membered cyclic amide) rings is 1. The molecule has 2 aliphatic heterocycles. The van der Waals surface area contributed by atoms with Crippen LogP contribution in [0.5, 0.6) is 0 Å². The van der Waals surface area contributed by atoms with Crippen molar-refractivity contribution < 1.29 is 18.9 Å². The van der Waals surface area contributed by atoms with E-state index in [9.17, 15) is 9.59 Å². The molecule has 0 bridgehead atoms. The Morgan fingerprint density at radius 1 is 1.82 bits per heavy atom. The van der Waals surface area contributed by atoms with Gasteiger partial charge in [-0.25, -0.2) is 4.79 Å². The fraction of sp³-hybridized carbons (Fsp3) is 0.600. The summed E-state index contributed by atoms with van der Waals surface area (Å²) in [5, 5.41) is 8.45. The van der Waals surface area contributed by atoms with Crippen molar-refractivity contribution in [3.63, 3.8) is 0 Å². The normalized spacial score (nSPS) is 34.9. The average molecular weight is 175 g/mol. The smallest absolute Gasteiger partial charge is 0.355 e. The maximum absolute atomic E-state index is 10.8. The molecule has 0 radical (unpaired) electrons. The van der Waals surface area contributed by atoms with Gasteiger partial charge in [-0.2, -0.15) is 0 Å². The predicted octanol–water partition coefficient (Wildman–Crippen LogP) is -0.366. The van der Waals surface area contributed by atoms with Crippen molar-refractivity contribution in [1.29, 1.82) is 0 Å². The minimum Gasteiger partial charge on any atom is -0.478 e. The van der Waals surface area contributed by atoms with E-state index in [4.69, 9.17) is 9.29 Å². The largest absolute Gasteiger partial charge is 0.478 e. The van der Waals surface area contributed by atoms with Crippen LogP contribution in [0, 0.1) is 0 Å². The van der Waals surface area contributed by atoms with E-state index in [1.54, 1.807) is 0 Å². The first kappa shape index (κ1) is 6.93. The minimum absolute atomic E-state index is 0.0661. The zero-order valence-corrected chi connectivity index (χ0v) is 6.21. The number of carboxylic acid groups (broad SMARTS) is 1. The molecule has 11 heavy (non-hydrogen) atoms. The van der Waals surface area contributed by atoms with Crippen LogP contribution in [-0.2, 0) is 13.8 Å². The summed E-state index contributed by atoms with van der Waals surface area (Å²) in [6, 6.07) is 0. The van der Waals surface area contributed by atoms with Gasteiger partial charge in [0, 0.05) is 12.0 Å². The molecule has 1 unspecified atom stereocenters. The Hall–Kier alpha value is -0.750. The molecule has 0 aromatic rings. The number of nitrogens with zero attached hydrogens (tertiary/aromatic N) is 1. The molecule has 0 saturated carbocycles. The van der Waals surface area contributed by atoms with Gasteiger partial charge in [0.05, 0.1) is 6.42 Å². The molecule has 2 atom stereocenters. The number of amides is 1. The van der Waals surface area contributed by atoms with Gasteiger partial charge in [0.2, 0.25) is 12.1 Å². The number of carboxylic acids is 1. The van der Waals surface area contributed by atoms with Crippen LogP contribution in [0.2, 0.25) is 0 Å². The number of aliphatic carboxylic acids is 1. The Labute approximate surface area is 66.5 Å². The Morgan fingerprint density at radius 2 is 2.55 bits per heavy atom. The summed E-state index contributed by atoms with van der Waals surface area (Å²) in [5.74, 6) is -1.25. The van der Waals surface area contributed by atoms with E-state index < -0.39 is 12.2 Å². The van der Waals surface area contributed by atoms with Gasteiger partial charge in [0.25, 0.3) is 0 Å². The van der Waals surface area contributed by atoms with Crippen LogP contribution in [0.25, 0.3) is 0 Å². The van der Waals surface area contributed by atoms with E-state index in [1.165, 1.54) is 4.90 Å². The number of hydrogen-bond donors (Lipinski definition) is 1. The standard InChI is InChI=1S/C5H5NO4S/c7-2-1-3-6(2)4(5(8)9)10-11-3/h3-4H,1H2,(H,8,9)/t3-,4?/m1/s1. The fourth-order valence-corrected chi connectivity index (χ4v) is 2.03. The number of rotatable bonds is 1. The molecule has 0 spiro atoms. The molecule has 60 valence electrons. The molecule has 2 saturated heterocycles. The summed E-state index contributed by atoms with van der Waals surface area (Å²) in [4.78, 5) is 22.4. The summed E-state index contributed by atoms with van der Waals surface area (Å²) < 4.78 is 4.79. The van der Waals surface area contributed by atoms with Gasteiger partial charge in [-0.3, -0.25) is 13.9 Å². The highest BCUT2D eigenvalue weighted by atomic mass is 32.2. The van der Waals surface area contributed by atoms with E-state index in [0.717, 1.165) is 12.0 Å². The van der Waals surface area contributed by atoms with Crippen LogP contribution >= 0.6 is 12.0 Å². The molecular weight excluding hydrogens is 170 g/mol. The monoisotopic (exact) mass is 175 g/mol. The van der Waals surface area contributed by atoms with Crippen molar-refractivity contribution in [2.75, 3.05) is 0 Å². The highest BCUT2D eigenvalue weighted by Gasteiger charge is 2.51. The van der Waals surface area contributed by atoms with Crippen molar-refractivity contribution >= 4 is 23.9 Å². The number of carbonyl (C=O) groups is 2. The molecule has 1 N–H and O–H groups in total. The summed E-state index contributed by atoms with van der Waals surface area (Å²) in [5.41, 5.74) is 0. The van der Waals surface area contributed by atoms with Crippen molar-refractivity contribution in [2.45, 2.75) is 18.0 Å². The van der Waals surface area contributed by atoms with E-state index in [1.807, 2.05) is 0 Å². The highest BCUT2D eigenvalue weighted by Crippen LogP contribution is 2.40. The Morgan fingerprint density at radius 3 is 3.00 bits per heavy atom. The van der Waals surface area contributed by atoms with Crippen LogP contribution in [0.3, 0.4) is 0 Å². The average Bonchev–Trinajstić information content (AvgIpc) is 2.25. The topological polar surface area (TPSA) is 66.8 Å².